The van der Waals surface area contributed by atoms with Gasteiger partial charge in [-0.1, -0.05) is 20.8 Å². The molecule has 5 nitrogen and oxygen atoms in total. The van der Waals surface area contributed by atoms with Crippen molar-refractivity contribution >= 4 is 6.09 Å². The first-order valence-electron chi connectivity index (χ1n) is 6.91. The lowest BCUT2D eigenvalue weighted by Gasteiger charge is -2.26. The number of hydrogen-bond donors (Lipinski definition) is 3. The molecule has 0 rings (SSSR count). The number of rotatable bonds is 7. The fourth-order valence-electron chi connectivity index (χ4n) is 1.36. The van der Waals surface area contributed by atoms with Crippen LogP contribution in [0.3, 0.4) is 0 Å². The zero-order valence-electron chi connectivity index (χ0n) is 13.2. The van der Waals surface area contributed by atoms with Gasteiger partial charge in [-0.25, -0.2) is 4.79 Å². The van der Waals surface area contributed by atoms with Crippen LogP contribution in [0, 0.1) is 5.41 Å². The molecule has 5 heteroatoms. The zero-order chi connectivity index (χ0) is 15.1. The van der Waals surface area contributed by atoms with Crippen LogP contribution in [0.5, 0.6) is 0 Å². The standard InChI is InChI=1S/C14H30N2O3/c1-7-11(16-9-14(5,6)10-17)8-15-12(18)19-13(2,3)4/h11,16-17H,7-10H2,1-6H3,(H,15,18). The van der Waals surface area contributed by atoms with Crippen molar-refractivity contribution in [1.29, 1.82) is 0 Å². The molecule has 0 aromatic heterocycles. The molecule has 1 amide bonds. The molecular formula is C14H30N2O3. The average molecular weight is 274 g/mol. The third kappa shape index (κ3) is 9.73. The van der Waals surface area contributed by atoms with Crippen molar-refractivity contribution in [3.05, 3.63) is 0 Å². The van der Waals surface area contributed by atoms with Gasteiger partial charge < -0.3 is 20.5 Å². The van der Waals surface area contributed by atoms with E-state index in [4.69, 9.17) is 4.74 Å². The number of amides is 1. The van der Waals surface area contributed by atoms with Crippen LogP contribution in [-0.2, 0) is 4.74 Å². The molecule has 0 heterocycles. The Morgan fingerprint density at radius 2 is 1.84 bits per heavy atom. The Bertz CT molecular complexity index is 272. The van der Waals surface area contributed by atoms with Crippen molar-refractivity contribution in [2.45, 2.75) is 59.6 Å². The molecule has 0 aromatic carbocycles. The highest BCUT2D eigenvalue weighted by atomic mass is 16.6. The Morgan fingerprint density at radius 1 is 1.26 bits per heavy atom. The molecule has 114 valence electrons. The molecule has 3 N–H and O–H groups in total. The van der Waals surface area contributed by atoms with Gasteiger partial charge in [0, 0.05) is 31.2 Å². The lowest BCUT2D eigenvalue weighted by molar-refractivity contribution is 0.0520. The number of alkyl carbamates (subject to hydrolysis) is 1. The van der Waals surface area contributed by atoms with Crippen LogP contribution in [0.25, 0.3) is 0 Å². The van der Waals surface area contributed by atoms with Crippen molar-refractivity contribution in [2.75, 3.05) is 19.7 Å². The van der Waals surface area contributed by atoms with E-state index in [1.165, 1.54) is 0 Å². The number of hydrogen-bond acceptors (Lipinski definition) is 4. The van der Waals surface area contributed by atoms with Crippen molar-refractivity contribution < 1.29 is 14.6 Å². The van der Waals surface area contributed by atoms with Crippen molar-refractivity contribution in [3.63, 3.8) is 0 Å². The predicted octanol–water partition coefficient (Wildman–Crippen LogP) is 1.90. The van der Waals surface area contributed by atoms with Gasteiger partial charge in [-0.3, -0.25) is 0 Å². The zero-order valence-corrected chi connectivity index (χ0v) is 13.2. The van der Waals surface area contributed by atoms with Gasteiger partial charge in [-0.2, -0.15) is 0 Å². The number of nitrogens with one attached hydrogen (secondary N) is 2. The van der Waals surface area contributed by atoms with Gasteiger partial charge in [0.05, 0.1) is 0 Å². The van der Waals surface area contributed by atoms with Crippen LogP contribution in [-0.4, -0.2) is 42.5 Å². The molecule has 0 saturated carbocycles. The monoisotopic (exact) mass is 274 g/mol. The average Bonchev–Trinajstić information content (AvgIpc) is 2.27. The Balaban J connectivity index is 4.04. The maximum Gasteiger partial charge on any atom is 0.407 e. The van der Waals surface area contributed by atoms with Gasteiger partial charge in [0.15, 0.2) is 0 Å². The van der Waals surface area contributed by atoms with E-state index in [1.807, 2.05) is 34.6 Å². The summed E-state index contributed by atoms with van der Waals surface area (Å²) in [5.41, 5.74) is -0.628. The Morgan fingerprint density at radius 3 is 2.26 bits per heavy atom. The number of aliphatic hydroxyl groups is 1. The molecule has 0 aliphatic rings. The lowest BCUT2D eigenvalue weighted by Crippen LogP contribution is -2.45. The number of aliphatic hydroxyl groups excluding tert-OH is 1. The number of carbonyl (C=O) groups is 1. The first kappa shape index (κ1) is 18.2. The summed E-state index contributed by atoms with van der Waals surface area (Å²) < 4.78 is 5.18. The Hall–Kier alpha value is -0.810. The van der Waals surface area contributed by atoms with Crippen LogP contribution in [0.4, 0.5) is 4.79 Å². The summed E-state index contributed by atoms with van der Waals surface area (Å²) in [4.78, 5) is 11.5. The van der Waals surface area contributed by atoms with Gasteiger partial charge in [0.25, 0.3) is 0 Å². The molecule has 0 bridgehead atoms. The quantitative estimate of drug-likeness (QED) is 0.663. The summed E-state index contributed by atoms with van der Waals surface area (Å²) in [5.74, 6) is 0. The van der Waals surface area contributed by atoms with E-state index >= 15 is 0 Å². The van der Waals surface area contributed by atoms with Gasteiger partial charge in [-0.05, 0) is 27.2 Å². The minimum absolute atomic E-state index is 0.135. The molecule has 0 spiro atoms. The normalized spacial score (nSPS) is 14.1. The summed E-state index contributed by atoms with van der Waals surface area (Å²) in [5, 5.41) is 15.3. The molecule has 1 unspecified atom stereocenters. The van der Waals surface area contributed by atoms with Crippen LogP contribution >= 0.6 is 0 Å². The third-order valence-corrected chi connectivity index (χ3v) is 2.68. The summed E-state index contributed by atoms with van der Waals surface area (Å²) in [7, 11) is 0. The number of ether oxygens (including phenoxy) is 1. The van der Waals surface area contributed by atoms with E-state index in [0.717, 1.165) is 6.42 Å². The second-order valence-corrected chi connectivity index (χ2v) is 6.69. The van der Waals surface area contributed by atoms with Crippen molar-refractivity contribution in [3.8, 4) is 0 Å². The van der Waals surface area contributed by atoms with Crippen LogP contribution in [0.15, 0.2) is 0 Å². The maximum atomic E-state index is 11.5. The van der Waals surface area contributed by atoms with Crippen molar-refractivity contribution in [2.24, 2.45) is 5.41 Å². The van der Waals surface area contributed by atoms with Crippen LogP contribution < -0.4 is 10.6 Å². The van der Waals surface area contributed by atoms with E-state index < -0.39 is 11.7 Å². The summed E-state index contributed by atoms with van der Waals surface area (Å²) in [6.45, 7) is 12.9. The van der Waals surface area contributed by atoms with E-state index in [0.29, 0.717) is 13.1 Å². The highest BCUT2D eigenvalue weighted by molar-refractivity contribution is 5.67. The largest absolute Gasteiger partial charge is 0.444 e. The molecule has 0 radical (unpaired) electrons. The SMILES string of the molecule is CCC(CNC(=O)OC(C)(C)C)NCC(C)(C)CO. The van der Waals surface area contributed by atoms with E-state index in [-0.39, 0.29) is 18.1 Å². The Labute approximate surface area is 117 Å². The minimum Gasteiger partial charge on any atom is -0.444 e. The second kappa shape index (κ2) is 7.70. The summed E-state index contributed by atoms with van der Waals surface area (Å²) in [6.07, 6.45) is 0.506. The molecule has 0 aromatic rings. The predicted molar refractivity (Wildman–Crippen MR) is 77.2 cm³/mol. The van der Waals surface area contributed by atoms with Gasteiger partial charge in [0.1, 0.15) is 5.60 Å². The molecule has 0 aliphatic heterocycles. The first-order chi connectivity index (χ1) is 8.59. The van der Waals surface area contributed by atoms with Crippen LogP contribution in [0.1, 0.15) is 48.0 Å². The highest BCUT2D eigenvalue weighted by Gasteiger charge is 2.19. The number of carbonyl (C=O) groups excluding carboxylic acids is 1. The fourth-order valence-corrected chi connectivity index (χ4v) is 1.36. The van der Waals surface area contributed by atoms with Crippen LogP contribution in [0.2, 0.25) is 0 Å². The first-order valence-corrected chi connectivity index (χ1v) is 6.91. The minimum atomic E-state index is -0.474. The summed E-state index contributed by atoms with van der Waals surface area (Å²) >= 11 is 0. The smallest absolute Gasteiger partial charge is 0.407 e. The van der Waals surface area contributed by atoms with E-state index in [1.54, 1.807) is 0 Å². The molecule has 1 atom stereocenters. The molecule has 0 fully saturated rings. The van der Waals surface area contributed by atoms with Gasteiger partial charge in [-0.15, -0.1) is 0 Å². The van der Waals surface area contributed by atoms with E-state index in [2.05, 4.69) is 17.6 Å². The van der Waals surface area contributed by atoms with Crippen molar-refractivity contribution in [1.82, 2.24) is 10.6 Å². The topological polar surface area (TPSA) is 70.6 Å². The molecule has 0 saturated heterocycles. The second-order valence-electron chi connectivity index (χ2n) is 6.69. The molecule has 0 aliphatic carbocycles. The van der Waals surface area contributed by atoms with Gasteiger partial charge in [0.2, 0.25) is 0 Å². The lowest BCUT2D eigenvalue weighted by atomic mass is 9.94. The fraction of sp³-hybridized carbons (Fsp3) is 0.929. The van der Waals surface area contributed by atoms with Gasteiger partial charge >= 0.3 is 6.09 Å². The highest BCUT2D eigenvalue weighted by Crippen LogP contribution is 2.12. The Kier molecular flexibility index (Phi) is 7.37. The molecule has 19 heavy (non-hydrogen) atoms. The third-order valence-electron chi connectivity index (χ3n) is 2.68. The summed E-state index contributed by atoms with van der Waals surface area (Å²) in [6, 6.07) is 0.179. The maximum absolute atomic E-state index is 11.5. The van der Waals surface area contributed by atoms with E-state index in [9.17, 15) is 9.90 Å². The molecular weight excluding hydrogens is 244 g/mol.